The van der Waals surface area contributed by atoms with E-state index >= 15 is 0 Å². The van der Waals surface area contributed by atoms with Gasteiger partial charge in [0, 0.05) is 6.08 Å². The Morgan fingerprint density at radius 1 is 1.20 bits per heavy atom. The van der Waals surface area contributed by atoms with Gasteiger partial charge in [0.05, 0.1) is 6.61 Å². The first-order valence-electron chi connectivity index (χ1n) is 7.62. The van der Waals surface area contributed by atoms with Gasteiger partial charge >= 0.3 is 5.97 Å². The van der Waals surface area contributed by atoms with Crippen LogP contribution in [0.25, 0.3) is 6.08 Å². The fourth-order valence-corrected chi connectivity index (χ4v) is 2.06. The van der Waals surface area contributed by atoms with Crippen LogP contribution in [-0.2, 0) is 9.53 Å². The van der Waals surface area contributed by atoms with Crippen LogP contribution in [0.1, 0.15) is 63.5 Å². The number of carbonyl (C=O) groups excluding carboxylic acids is 1. The van der Waals surface area contributed by atoms with Gasteiger partial charge in [0.15, 0.2) is 0 Å². The second-order valence-electron chi connectivity index (χ2n) is 5.21. The first-order valence-corrected chi connectivity index (χ1v) is 7.62. The van der Waals surface area contributed by atoms with Crippen molar-refractivity contribution < 1.29 is 9.53 Å². The lowest BCUT2D eigenvalue weighted by atomic mass is 9.96. The maximum absolute atomic E-state index is 11.4. The zero-order valence-electron chi connectivity index (χ0n) is 12.9. The van der Waals surface area contributed by atoms with Crippen molar-refractivity contribution in [2.45, 2.75) is 52.4 Å². The fourth-order valence-electron chi connectivity index (χ4n) is 2.06. The first kappa shape index (κ1) is 16.5. The molecule has 1 aromatic carbocycles. The third kappa shape index (κ3) is 6.05. The van der Waals surface area contributed by atoms with Gasteiger partial charge < -0.3 is 4.74 Å². The molecule has 0 aliphatic heterocycles. The summed E-state index contributed by atoms with van der Waals surface area (Å²) >= 11 is 0. The van der Waals surface area contributed by atoms with Crippen LogP contribution in [0.2, 0.25) is 0 Å². The Morgan fingerprint density at radius 3 is 2.50 bits per heavy atom. The minimum absolute atomic E-state index is 0.262. The molecule has 0 N–H and O–H groups in total. The smallest absolute Gasteiger partial charge is 0.330 e. The summed E-state index contributed by atoms with van der Waals surface area (Å²) in [5.74, 6) is 0.332. The van der Waals surface area contributed by atoms with Gasteiger partial charge in [-0.3, -0.25) is 0 Å². The van der Waals surface area contributed by atoms with Crippen LogP contribution in [0.15, 0.2) is 30.3 Å². The Hall–Kier alpha value is -1.57. The second-order valence-corrected chi connectivity index (χ2v) is 5.21. The zero-order chi connectivity index (χ0) is 14.8. The molecule has 0 aliphatic carbocycles. The van der Waals surface area contributed by atoms with Gasteiger partial charge in [-0.05, 0) is 36.0 Å². The summed E-state index contributed by atoms with van der Waals surface area (Å²) in [6.07, 6.45) is 7.67. The molecule has 0 bridgehead atoms. The molecule has 0 amide bonds. The Kier molecular flexibility index (Phi) is 7.71. The Morgan fingerprint density at radius 2 is 1.90 bits per heavy atom. The quantitative estimate of drug-likeness (QED) is 0.381. The van der Waals surface area contributed by atoms with Crippen molar-refractivity contribution in [1.29, 1.82) is 0 Å². The van der Waals surface area contributed by atoms with Crippen LogP contribution in [0, 0.1) is 0 Å². The molecule has 0 saturated carbocycles. The highest BCUT2D eigenvalue weighted by atomic mass is 16.5. The number of unbranched alkanes of at least 4 members (excludes halogenated alkanes) is 1. The van der Waals surface area contributed by atoms with Crippen LogP contribution in [0.3, 0.4) is 0 Å². The molecule has 110 valence electrons. The van der Waals surface area contributed by atoms with Crippen LogP contribution >= 0.6 is 0 Å². The van der Waals surface area contributed by atoms with Crippen molar-refractivity contribution in [1.82, 2.24) is 0 Å². The van der Waals surface area contributed by atoms with E-state index in [0.717, 1.165) is 18.4 Å². The van der Waals surface area contributed by atoms with Gasteiger partial charge in [-0.1, -0.05) is 57.9 Å². The normalized spacial score (nSPS) is 12.6. The molecule has 2 heteroatoms. The van der Waals surface area contributed by atoms with Crippen molar-refractivity contribution >= 4 is 12.0 Å². The molecule has 2 nitrogen and oxygen atoms in total. The third-order valence-electron chi connectivity index (χ3n) is 3.38. The molecule has 1 atom stereocenters. The molecule has 0 radical (unpaired) electrons. The summed E-state index contributed by atoms with van der Waals surface area (Å²) in [6.45, 7) is 7.04. The highest BCUT2D eigenvalue weighted by Crippen LogP contribution is 2.21. The molecule has 0 aromatic heterocycles. The minimum Gasteiger partial charge on any atom is -0.463 e. The molecule has 0 aliphatic rings. The summed E-state index contributed by atoms with van der Waals surface area (Å²) in [5.41, 5.74) is 2.39. The fraction of sp³-hybridized carbons (Fsp3) is 0.500. The lowest BCUT2D eigenvalue weighted by molar-refractivity contribution is -0.137. The Balaban J connectivity index is 2.50. The van der Waals surface area contributed by atoms with Crippen molar-refractivity contribution in [3.05, 3.63) is 41.5 Å². The minimum atomic E-state index is -0.262. The number of ether oxygens (including phenoxy) is 1. The molecule has 0 spiro atoms. The average Bonchev–Trinajstić information content (AvgIpc) is 2.46. The number of rotatable bonds is 8. The summed E-state index contributed by atoms with van der Waals surface area (Å²) in [5, 5.41) is 0. The average molecular weight is 274 g/mol. The molecular formula is C18H26O2. The predicted molar refractivity (Wildman–Crippen MR) is 84.7 cm³/mol. The lowest BCUT2D eigenvalue weighted by Gasteiger charge is -2.10. The van der Waals surface area contributed by atoms with Crippen LogP contribution in [0.5, 0.6) is 0 Å². The molecule has 20 heavy (non-hydrogen) atoms. The Bertz CT molecular complexity index is 418. The van der Waals surface area contributed by atoms with E-state index in [1.165, 1.54) is 24.5 Å². The summed E-state index contributed by atoms with van der Waals surface area (Å²) in [6, 6.07) is 8.39. The van der Waals surface area contributed by atoms with E-state index in [2.05, 4.69) is 45.0 Å². The van der Waals surface area contributed by atoms with E-state index in [9.17, 15) is 4.79 Å². The molecule has 0 saturated heterocycles. The van der Waals surface area contributed by atoms with Gasteiger partial charge in [-0.25, -0.2) is 4.79 Å². The van der Waals surface area contributed by atoms with E-state index in [1.807, 2.05) is 6.08 Å². The van der Waals surface area contributed by atoms with Gasteiger partial charge in [-0.2, -0.15) is 0 Å². The Labute approximate surface area is 122 Å². The standard InChI is InChI=1S/C18H26O2/c1-4-6-14-20-18(19)13-10-16-8-11-17(12-9-16)15(3)7-5-2/h8-13,15H,4-7,14H2,1-3H3/b13-10+. The van der Waals surface area contributed by atoms with E-state index in [1.54, 1.807) is 0 Å². The largest absolute Gasteiger partial charge is 0.463 e. The molecule has 0 heterocycles. The number of carbonyl (C=O) groups is 1. The highest BCUT2D eigenvalue weighted by Gasteiger charge is 2.03. The third-order valence-corrected chi connectivity index (χ3v) is 3.38. The van der Waals surface area contributed by atoms with Crippen molar-refractivity contribution in [2.75, 3.05) is 6.61 Å². The highest BCUT2D eigenvalue weighted by molar-refractivity contribution is 5.87. The first-order chi connectivity index (χ1) is 9.67. The van der Waals surface area contributed by atoms with Crippen LogP contribution < -0.4 is 0 Å². The topological polar surface area (TPSA) is 26.3 Å². The lowest BCUT2D eigenvalue weighted by Crippen LogP contribution is -2.01. The number of benzene rings is 1. The number of hydrogen-bond acceptors (Lipinski definition) is 2. The predicted octanol–water partition coefficient (Wildman–Crippen LogP) is 4.95. The molecule has 1 aromatic rings. The molecular weight excluding hydrogens is 248 g/mol. The van der Waals surface area contributed by atoms with Gasteiger partial charge in [0.1, 0.15) is 0 Å². The monoisotopic (exact) mass is 274 g/mol. The summed E-state index contributed by atoms with van der Waals surface area (Å²) in [4.78, 5) is 11.4. The SMILES string of the molecule is CCCCOC(=O)/C=C/c1ccc(C(C)CCC)cc1. The number of hydrogen-bond donors (Lipinski definition) is 0. The number of esters is 1. The summed E-state index contributed by atoms with van der Waals surface area (Å²) in [7, 11) is 0. The van der Waals surface area contributed by atoms with Gasteiger partial charge in [0.2, 0.25) is 0 Å². The molecule has 1 rings (SSSR count). The van der Waals surface area contributed by atoms with Gasteiger partial charge in [0.25, 0.3) is 0 Å². The molecule has 0 fully saturated rings. The summed E-state index contributed by atoms with van der Waals surface area (Å²) < 4.78 is 5.07. The van der Waals surface area contributed by atoms with E-state index in [-0.39, 0.29) is 5.97 Å². The zero-order valence-corrected chi connectivity index (χ0v) is 12.9. The second kappa shape index (κ2) is 9.35. The van der Waals surface area contributed by atoms with E-state index < -0.39 is 0 Å². The van der Waals surface area contributed by atoms with Crippen molar-refractivity contribution in [3.8, 4) is 0 Å². The van der Waals surface area contributed by atoms with Crippen LogP contribution in [-0.4, -0.2) is 12.6 Å². The molecule has 1 unspecified atom stereocenters. The maximum Gasteiger partial charge on any atom is 0.330 e. The van der Waals surface area contributed by atoms with E-state index in [0.29, 0.717) is 12.5 Å². The van der Waals surface area contributed by atoms with Crippen molar-refractivity contribution in [2.24, 2.45) is 0 Å². The van der Waals surface area contributed by atoms with Crippen LogP contribution in [0.4, 0.5) is 0 Å². The van der Waals surface area contributed by atoms with E-state index in [4.69, 9.17) is 4.74 Å². The van der Waals surface area contributed by atoms with Crippen molar-refractivity contribution in [3.63, 3.8) is 0 Å². The van der Waals surface area contributed by atoms with Gasteiger partial charge in [-0.15, -0.1) is 0 Å². The maximum atomic E-state index is 11.4.